The van der Waals surface area contributed by atoms with E-state index in [9.17, 15) is 9.59 Å². The third-order valence-electron chi connectivity index (χ3n) is 4.13. The molecule has 1 aliphatic heterocycles. The number of carbonyl (C=O) groups is 2. The fraction of sp³-hybridized carbons (Fsp3) is 0.733. The number of nitrogens with one attached hydrogen (secondary N) is 1. The Hall–Kier alpha value is -1.54. The third-order valence-corrected chi connectivity index (χ3v) is 4.89. The summed E-state index contributed by atoms with van der Waals surface area (Å²) in [6, 6.07) is 0.205. The topological polar surface area (TPSA) is 78.4 Å². The summed E-state index contributed by atoms with van der Waals surface area (Å²) in [6.45, 7) is 9.13. The second kappa shape index (κ2) is 8.35. The van der Waals surface area contributed by atoms with E-state index in [2.05, 4.69) is 19.8 Å². The lowest BCUT2D eigenvalue weighted by Crippen LogP contribution is -2.51. The van der Waals surface area contributed by atoms with Gasteiger partial charge in [0.05, 0.1) is 12.2 Å². The minimum absolute atomic E-state index is 0.0144. The van der Waals surface area contributed by atoms with E-state index >= 15 is 0 Å². The Morgan fingerprint density at radius 1 is 1.26 bits per heavy atom. The van der Waals surface area contributed by atoms with Gasteiger partial charge in [-0.1, -0.05) is 18.3 Å². The Labute approximate surface area is 141 Å². The van der Waals surface area contributed by atoms with E-state index < -0.39 is 0 Å². The van der Waals surface area contributed by atoms with Crippen LogP contribution in [0.15, 0.2) is 0 Å². The minimum atomic E-state index is 0.0144. The summed E-state index contributed by atoms with van der Waals surface area (Å²) in [5.74, 6) is 0.0691. The lowest BCUT2D eigenvalue weighted by Gasteiger charge is -2.34. The number of hydrogen-bond donors (Lipinski definition) is 1. The molecule has 2 rings (SSSR count). The van der Waals surface area contributed by atoms with Crippen molar-refractivity contribution < 1.29 is 9.59 Å². The molecule has 2 heterocycles. The molecule has 0 aromatic carbocycles. The van der Waals surface area contributed by atoms with Crippen LogP contribution < -0.4 is 5.32 Å². The van der Waals surface area contributed by atoms with Gasteiger partial charge in [-0.25, -0.2) is 0 Å². The van der Waals surface area contributed by atoms with Gasteiger partial charge in [0.2, 0.25) is 5.91 Å². The molecule has 1 fully saturated rings. The van der Waals surface area contributed by atoms with Gasteiger partial charge >= 0.3 is 0 Å². The molecule has 1 saturated heterocycles. The molecule has 7 nitrogen and oxygen atoms in total. The molecule has 1 aliphatic rings. The monoisotopic (exact) mass is 339 g/mol. The number of hydrogen-bond acceptors (Lipinski definition) is 6. The molecule has 0 spiro atoms. The van der Waals surface area contributed by atoms with Gasteiger partial charge in [0.25, 0.3) is 5.91 Å². The fourth-order valence-electron chi connectivity index (χ4n) is 2.48. The number of rotatable bonds is 6. The zero-order valence-corrected chi connectivity index (χ0v) is 14.9. The molecule has 1 aromatic heterocycles. The van der Waals surface area contributed by atoms with E-state index in [0.29, 0.717) is 44.0 Å². The van der Waals surface area contributed by atoms with Gasteiger partial charge in [0, 0.05) is 32.2 Å². The average Bonchev–Trinajstić information content (AvgIpc) is 3.03. The molecule has 2 amide bonds. The number of aryl methyl sites for hydroxylation is 1. The molecule has 0 radical (unpaired) electrons. The number of carbonyl (C=O) groups excluding carboxylic acids is 2. The molecule has 0 aliphatic carbocycles. The van der Waals surface area contributed by atoms with E-state index in [1.165, 1.54) is 11.5 Å². The van der Waals surface area contributed by atoms with Crippen molar-refractivity contribution in [2.45, 2.75) is 39.7 Å². The lowest BCUT2D eigenvalue weighted by atomic mass is 10.2. The van der Waals surface area contributed by atoms with E-state index in [4.69, 9.17) is 0 Å². The van der Waals surface area contributed by atoms with Crippen LogP contribution in [-0.2, 0) is 11.2 Å². The van der Waals surface area contributed by atoms with Crippen molar-refractivity contribution in [1.29, 1.82) is 0 Å². The van der Waals surface area contributed by atoms with Crippen LogP contribution in [0.1, 0.15) is 42.6 Å². The van der Waals surface area contributed by atoms with Gasteiger partial charge in [0.1, 0.15) is 4.88 Å². The van der Waals surface area contributed by atoms with E-state index in [-0.39, 0.29) is 17.9 Å². The maximum atomic E-state index is 12.5. The highest BCUT2D eigenvalue weighted by atomic mass is 32.1. The van der Waals surface area contributed by atoms with Crippen LogP contribution in [0.25, 0.3) is 0 Å². The largest absolute Gasteiger partial charge is 0.353 e. The van der Waals surface area contributed by atoms with Gasteiger partial charge in [-0.2, -0.15) is 0 Å². The van der Waals surface area contributed by atoms with Crippen LogP contribution in [0.5, 0.6) is 0 Å². The first kappa shape index (κ1) is 17.8. The summed E-state index contributed by atoms with van der Waals surface area (Å²) < 4.78 is 3.88. The Balaban J connectivity index is 1.82. The van der Waals surface area contributed by atoms with Gasteiger partial charge in [-0.3, -0.25) is 14.5 Å². The molecule has 128 valence electrons. The van der Waals surface area contributed by atoms with Crippen LogP contribution in [-0.4, -0.2) is 70.0 Å². The maximum Gasteiger partial charge on any atom is 0.267 e. The summed E-state index contributed by atoms with van der Waals surface area (Å²) in [6.07, 6.45) is 1.64. The van der Waals surface area contributed by atoms with Gasteiger partial charge in [0.15, 0.2) is 0 Å². The summed E-state index contributed by atoms with van der Waals surface area (Å²) in [5, 5.41) is 6.97. The number of nitrogens with zero attached hydrogens (tertiary/aromatic N) is 4. The molecule has 0 bridgehead atoms. The van der Waals surface area contributed by atoms with Crippen LogP contribution in [0, 0.1) is 0 Å². The predicted molar refractivity (Wildman–Crippen MR) is 89.5 cm³/mol. The first-order valence-corrected chi connectivity index (χ1v) is 8.94. The standard InChI is InChI=1S/C15H25N5O2S/c1-4-11(3)16-13(21)10-19-6-8-20(9-7-19)15(22)14-12(5-2)17-18-23-14/h11H,4-10H2,1-3H3,(H,16,21). The summed E-state index contributed by atoms with van der Waals surface area (Å²) in [7, 11) is 0. The first-order chi connectivity index (χ1) is 11.0. The number of amides is 2. The molecule has 1 aromatic rings. The smallest absolute Gasteiger partial charge is 0.267 e. The first-order valence-electron chi connectivity index (χ1n) is 8.17. The Kier molecular flexibility index (Phi) is 6.47. The van der Waals surface area contributed by atoms with Gasteiger partial charge < -0.3 is 10.2 Å². The van der Waals surface area contributed by atoms with E-state index in [1.54, 1.807) is 0 Å². The highest BCUT2D eigenvalue weighted by molar-refractivity contribution is 7.08. The molecule has 1 N–H and O–H groups in total. The van der Waals surface area contributed by atoms with Crippen molar-refractivity contribution in [1.82, 2.24) is 24.7 Å². The van der Waals surface area contributed by atoms with Crippen molar-refractivity contribution in [2.24, 2.45) is 0 Å². The van der Waals surface area contributed by atoms with Crippen molar-refractivity contribution in [3.63, 3.8) is 0 Å². The average molecular weight is 339 g/mol. The quantitative estimate of drug-likeness (QED) is 0.828. The molecule has 8 heteroatoms. The summed E-state index contributed by atoms with van der Waals surface area (Å²) in [5.41, 5.74) is 0.773. The zero-order chi connectivity index (χ0) is 16.8. The fourth-order valence-corrected chi connectivity index (χ4v) is 3.20. The molecule has 1 unspecified atom stereocenters. The predicted octanol–water partition coefficient (Wildman–Crippen LogP) is 0.773. The van der Waals surface area contributed by atoms with Crippen LogP contribution in [0.3, 0.4) is 0 Å². The summed E-state index contributed by atoms with van der Waals surface area (Å²) in [4.78, 5) is 29.0. The maximum absolute atomic E-state index is 12.5. The second-order valence-corrected chi connectivity index (χ2v) is 6.60. The van der Waals surface area contributed by atoms with Crippen molar-refractivity contribution >= 4 is 23.3 Å². The molecular formula is C15H25N5O2S. The van der Waals surface area contributed by atoms with Crippen LogP contribution in [0.2, 0.25) is 0 Å². The van der Waals surface area contributed by atoms with Crippen LogP contribution in [0.4, 0.5) is 0 Å². The van der Waals surface area contributed by atoms with Gasteiger partial charge in [-0.05, 0) is 31.3 Å². The molecule has 1 atom stereocenters. The van der Waals surface area contributed by atoms with Crippen molar-refractivity contribution in [2.75, 3.05) is 32.7 Å². The Morgan fingerprint density at radius 3 is 2.57 bits per heavy atom. The summed E-state index contributed by atoms with van der Waals surface area (Å²) >= 11 is 1.17. The normalized spacial score (nSPS) is 17.1. The zero-order valence-electron chi connectivity index (χ0n) is 14.0. The molecular weight excluding hydrogens is 314 g/mol. The number of aromatic nitrogens is 2. The SMILES string of the molecule is CCc1nnsc1C(=O)N1CCN(CC(=O)NC(C)CC)CC1. The van der Waals surface area contributed by atoms with E-state index in [1.807, 2.05) is 25.7 Å². The molecule has 23 heavy (non-hydrogen) atoms. The van der Waals surface area contributed by atoms with Crippen molar-refractivity contribution in [3.8, 4) is 0 Å². The Bertz CT molecular complexity index is 540. The Morgan fingerprint density at radius 2 is 1.96 bits per heavy atom. The number of piperazine rings is 1. The highest BCUT2D eigenvalue weighted by Crippen LogP contribution is 2.15. The molecule has 0 saturated carbocycles. The lowest BCUT2D eigenvalue weighted by molar-refractivity contribution is -0.123. The highest BCUT2D eigenvalue weighted by Gasteiger charge is 2.26. The minimum Gasteiger partial charge on any atom is -0.353 e. The van der Waals surface area contributed by atoms with Gasteiger partial charge in [-0.15, -0.1) is 5.10 Å². The second-order valence-electron chi connectivity index (χ2n) is 5.85. The van der Waals surface area contributed by atoms with Crippen LogP contribution >= 0.6 is 11.5 Å². The third kappa shape index (κ3) is 4.71. The van der Waals surface area contributed by atoms with E-state index in [0.717, 1.165) is 12.1 Å². The van der Waals surface area contributed by atoms with Crippen molar-refractivity contribution in [3.05, 3.63) is 10.6 Å².